The molecule has 0 heterocycles. The molecule has 0 saturated heterocycles. The van der Waals surface area contributed by atoms with Gasteiger partial charge in [0.2, 0.25) is 0 Å². The van der Waals surface area contributed by atoms with Crippen LogP contribution in [0.15, 0.2) is 0 Å². The van der Waals surface area contributed by atoms with Gasteiger partial charge in [-0.2, -0.15) is 0 Å². The zero-order valence-corrected chi connectivity index (χ0v) is 11.4. The predicted octanol–water partition coefficient (Wildman–Crippen LogP) is 4.11. The molecule has 0 atom stereocenters. The van der Waals surface area contributed by atoms with Crippen LogP contribution in [0, 0.1) is 17.3 Å². The van der Waals surface area contributed by atoms with Crippen molar-refractivity contribution in [3.63, 3.8) is 0 Å². The van der Waals surface area contributed by atoms with Crippen molar-refractivity contribution in [2.45, 2.75) is 77.7 Å². The van der Waals surface area contributed by atoms with Gasteiger partial charge in [0.1, 0.15) is 0 Å². The molecule has 94 valence electrons. The minimum absolute atomic E-state index is 0.190. The van der Waals surface area contributed by atoms with E-state index in [-0.39, 0.29) is 5.54 Å². The third kappa shape index (κ3) is 2.61. The fourth-order valence-corrected chi connectivity index (χ4v) is 3.64. The molecular weight excluding hydrogens is 194 g/mol. The first-order valence-corrected chi connectivity index (χ1v) is 7.20. The van der Waals surface area contributed by atoms with Crippen molar-refractivity contribution in [1.82, 2.24) is 0 Å². The Morgan fingerprint density at radius 1 is 0.875 bits per heavy atom. The average Bonchev–Trinajstić information content (AvgIpc) is 2.24. The van der Waals surface area contributed by atoms with E-state index < -0.39 is 0 Å². The van der Waals surface area contributed by atoms with Crippen molar-refractivity contribution >= 4 is 0 Å². The van der Waals surface area contributed by atoms with Crippen LogP contribution in [0.4, 0.5) is 0 Å². The molecule has 2 aliphatic rings. The molecule has 0 bridgehead atoms. The zero-order valence-electron chi connectivity index (χ0n) is 11.4. The number of hydrogen-bond acceptors (Lipinski definition) is 1. The second-order valence-electron chi connectivity index (χ2n) is 7.35. The largest absolute Gasteiger partial charge is 0.325 e. The molecule has 0 aromatic carbocycles. The zero-order chi connectivity index (χ0) is 11.8. The molecular formula is C15H29N. The third-order valence-electron chi connectivity index (χ3n) is 5.36. The lowest BCUT2D eigenvalue weighted by Crippen LogP contribution is -2.51. The van der Waals surface area contributed by atoms with Gasteiger partial charge >= 0.3 is 0 Å². The number of nitrogens with two attached hydrogens (primary N) is 1. The Bertz CT molecular complexity index is 226. The van der Waals surface area contributed by atoms with Gasteiger partial charge in [0.05, 0.1) is 0 Å². The highest BCUT2D eigenvalue weighted by atomic mass is 14.8. The summed E-state index contributed by atoms with van der Waals surface area (Å²) in [5, 5.41) is 0. The fourth-order valence-electron chi connectivity index (χ4n) is 3.64. The molecule has 0 aromatic rings. The smallest absolute Gasteiger partial charge is 0.0183 e. The summed E-state index contributed by atoms with van der Waals surface area (Å²) < 4.78 is 0. The summed E-state index contributed by atoms with van der Waals surface area (Å²) in [4.78, 5) is 0. The van der Waals surface area contributed by atoms with E-state index in [9.17, 15) is 0 Å². The maximum Gasteiger partial charge on any atom is 0.0183 e. The Morgan fingerprint density at radius 2 is 1.38 bits per heavy atom. The van der Waals surface area contributed by atoms with Gasteiger partial charge in [-0.15, -0.1) is 0 Å². The molecule has 2 aliphatic carbocycles. The van der Waals surface area contributed by atoms with Crippen LogP contribution in [0.5, 0.6) is 0 Å². The average molecular weight is 223 g/mol. The van der Waals surface area contributed by atoms with Crippen LogP contribution in [-0.4, -0.2) is 5.54 Å². The van der Waals surface area contributed by atoms with Crippen LogP contribution in [0.2, 0.25) is 0 Å². The molecule has 0 aromatic heterocycles. The van der Waals surface area contributed by atoms with Crippen LogP contribution >= 0.6 is 0 Å². The maximum absolute atomic E-state index is 6.70. The van der Waals surface area contributed by atoms with Gasteiger partial charge in [0.25, 0.3) is 0 Å². The molecule has 0 spiro atoms. The first-order chi connectivity index (χ1) is 7.41. The Balaban J connectivity index is 1.93. The highest BCUT2D eigenvalue weighted by Gasteiger charge is 2.41. The quantitative estimate of drug-likeness (QED) is 0.711. The summed E-state index contributed by atoms with van der Waals surface area (Å²) in [5.41, 5.74) is 7.44. The van der Waals surface area contributed by atoms with Gasteiger partial charge < -0.3 is 5.73 Å². The maximum atomic E-state index is 6.70. The highest BCUT2D eigenvalue weighted by molar-refractivity contribution is 4.98. The lowest BCUT2D eigenvalue weighted by molar-refractivity contribution is 0.0878. The van der Waals surface area contributed by atoms with Gasteiger partial charge in [0.15, 0.2) is 0 Å². The van der Waals surface area contributed by atoms with E-state index >= 15 is 0 Å². The molecule has 2 fully saturated rings. The molecule has 2 rings (SSSR count). The number of hydrogen-bond donors (Lipinski definition) is 1. The van der Waals surface area contributed by atoms with Crippen molar-refractivity contribution in [2.24, 2.45) is 23.0 Å². The number of rotatable bonds is 1. The molecule has 2 saturated carbocycles. The third-order valence-corrected chi connectivity index (χ3v) is 5.36. The Kier molecular flexibility index (Phi) is 3.36. The molecule has 0 amide bonds. The summed E-state index contributed by atoms with van der Waals surface area (Å²) in [6.45, 7) is 7.19. The lowest BCUT2D eigenvalue weighted by Gasteiger charge is -2.47. The van der Waals surface area contributed by atoms with Crippen LogP contribution in [0.3, 0.4) is 0 Å². The topological polar surface area (TPSA) is 26.0 Å². The first kappa shape index (κ1) is 12.4. The normalized spacial score (nSPS) is 38.2. The van der Waals surface area contributed by atoms with Crippen LogP contribution in [0.1, 0.15) is 72.1 Å². The van der Waals surface area contributed by atoms with E-state index in [0.29, 0.717) is 5.41 Å². The van der Waals surface area contributed by atoms with Crippen LogP contribution in [0.25, 0.3) is 0 Å². The second-order valence-corrected chi connectivity index (χ2v) is 7.35. The van der Waals surface area contributed by atoms with E-state index in [0.717, 1.165) is 11.8 Å². The standard InChI is InChI=1S/C15H29N/c1-12-4-6-13(7-5-12)15(16)10-8-14(2,3)9-11-15/h12-13H,4-11,16H2,1-3H3. The van der Waals surface area contributed by atoms with Crippen molar-refractivity contribution in [2.75, 3.05) is 0 Å². The summed E-state index contributed by atoms with van der Waals surface area (Å²) in [6.07, 6.45) is 10.8. The van der Waals surface area contributed by atoms with E-state index in [4.69, 9.17) is 5.73 Å². The van der Waals surface area contributed by atoms with Crippen molar-refractivity contribution in [3.05, 3.63) is 0 Å². The molecule has 1 nitrogen and oxygen atoms in total. The van der Waals surface area contributed by atoms with Crippen molar-refractivity contribution < 1.29 is 0 Å². The Morgan fingerprint density at radius 3 is 1.88 bits per heavy atom. The summed E-state index contributed by atoms with van der Waals surface area (Å²) in [6, 6.07) is 0. The minimum Gasteiger partial charge on any atom is -0.325 e. The summed E-state index contributed by atoms with van der Waals surface area (Å²) in [5.74, 6) is 1.76. The first-order valence-electron chi connectivity index (χ1n) is 7.20. The molecule has 1 heteroatoms. The van der Waals surface area contributed by atoms with Gasteiger partial charge in [-0.3, -0.25) is 0 Å². The van der Waals surface area contributed by atoms with Crippen LogP contribution < -0.4 is 5.73 Å². The van der Waals surface area contributed by atoms with Gasteiger partial charge in [-0.05, 0) is 55.8 Å². The van der Waals surface area contributed by atoms with E-state index in [1.165, 1.54) is 51.4 Å². The van der Waals surface area contributed by atoms with Gasteiger partial charge in [-0.1, -0.05) is 33.6 Å². The van der Waals surface area contributed by atoms with E-state index in [1.807, 2.05) is 0 Å². The monoisotopic (exact) mass is 223 g/mol. The lowest BCUT2D eigenvalue weighted by atomic mass is 9.62. The van der Waals surface area contributed by atoms with Crippen molar-refractivity contribution in [1.29, 1.82) is 0 Å². The summed E-state index contributed by atoms with van der Waals surface area (Å²) >= 11 is 0. The van der Waals surface area contributed by atoms with Crippen LogP contribution in [-0.2, 0) is 0 Å². The van der Waals surface area contributed by atoms with E-state index in [1.54, 1.807) is 0 Å². The van der Waals surface area contributed by atoms with Gasteiger partial charge in [0, 0.05) is 5.54 Å². The molecule has 0 unspecified atom stereocenters. The highest BCUT2D eigenvalue weighted by Crippen LogP contribution is 2.46. The Hall–Kier alpha value is -0.0400. The molecule has 2 N–H and O–H groups in total. The fraction of sp³-hybridized carbons (Fsp3) is 1.00. The minimum atomic E-state index is 0.190. The second kappa shape index (κ2) is 4.33. The Labute approximate surface area is 101 Å². The summed E-state index contributed by atoms with van der Waals surface area (Å²) in [7, 11) is 0. The SMILES string of the molecule is CC1CCC(C2(N)CCC(C)(C)CC2)CC1. The molecule has 16 heavy (non-hydrogen) atoms. The van der Waals surface area contributed by atoms with Crippen molar-refractivity contribution in [3.8, 4) is 0 Å². The predicted molar refractivity (Wildman–Crippen MR) is 70.3 cm³/mol. The van der Waals surface area contributed by atoms with E-state index in [2.05, 4.69) is 20.8 Å². The van der Waals surface area contributed by atoms with Gasteiger partial charge in [-0.25, -0.2) is 0 Å². The molecule has 0 radical (unpaired) electrons. The molecule has 0 aliphatic heterocycles.